The Morgan fingerprint density at radius 1 is 1.62 bits per heavy atom. The van der Waals surface area contributed by atoms with Crippen LogP contribution in [0.25, 0.3) is 10.3 Å². The van der Waals surface area contributed by atoms with Crippen LogP contribution in [-0.2, 0) is 4.74 Å². The fourth-order valence-corrected chi connectivity index (χ4v) is 1.79. The van der Waals surface area contributed by atoms with Gasteiger partial charge in [0, 0.05) is 6.20 Å². The van der Waals surface area contributed by atoms with E-state index < -0.39 is 5.97 Å². The van der Waals surface area contributed by atoms with Gasteiger partial charge in [0.2, 0.25) is 5.01 Å². The van der Waals surface area contributed by atoms with Crippen molar-refractivity contribution in [2.24, 2.45) is 0 Å². The van der Waals surface area contributed by atoms with Gasteiger partial charge in [0.25, 0.3) is 0 Å². The molecule has 2 rings (SSSR count). The van der Waals surface area contributed by atoms with Gasteiger partial charge >= 0.3 is 5.97 Å². The van der Waals surface area contributed by atoms with Gasteiger partial charge in [-0.25, -0.2) is 14.8 Å². The van der Waals surface area contributed by atoms with Crippen LogP contribution in [0.4, 0.5) is 0 Å². The maximum atomic E-state index is 11.1. The van der Waals surface area contributed by atoms with Crippen molar-refractivity contribution in [3.8, 4) is 0 Å². The van der Waals surface area contributed by atoms with Crippen molar-refractivity contribution in [1.29, 1.82) is 0 Å². The number of fused-ring (bicyclic) bond motifs is 1. The smallest absolute Gasteiger partial charge is 0.367 e. The monoisotopic (exact) mass is 194 g/mol. The lowest BCUT2D eigenvalue weighted by atomic mass is 10.5. The van der Waals surface area contributed by atoms with Crippen molar-refractivity contribution < 1.29 is 9.53 Å². The zero-order chi connectivity index (χ0) is 9.26. The first-order valence-electron chi connectivity index (χ1n) is 3.61. The third-order valence-electron chi connectivity index (χ3n) is 1.52. The second-order valence-electron chi connectivity index (χ2n) is 2.34. The SMILES string of the molecule is COC(=O)c1nc2ncccc2s1. The highest BCUT2D eigenvalue weighted by atomic mass is 32.1. The summed E-state index contributed by atoms with van der Waals surface area (Å²) in [6.45, 7) is 0. The lowest BCUT2D eigenvalue weighted by Gasteiger charge is -1.89. The summed E-state index contributed by atoms with van der Waals surface area (Å²) in [5, 5.41) is 0.344. The Hall–Kier alpha value is -1.49. The molecule has 0 aliphatic carbocycles. The van der Waals surface area contributed by atoms with E-state index in [-0.39, 0.29) is 0 Å². The summed E-state index contributed by atoms with van der Waals surface area (Å²) in [7, 11) is 1.34. The van der Waals surface area contributed by atoms with Crippen LogP contribution in [0.15, 0.2) is 18.3 Å². The van der Waals surface area contributed by atoms with E-state index in [1.807, 2.05) is 12.1 Å². The minimum absolute atomic E-state index is 0.344. The molecule has 2 aromatic rings. The summed E-state index contributed by atoms with van der Waals surface area (Å²) < 4.78 is 5.44. The average Bonchev–Trinajstić information content (AvgIpc) is 2.59. The Labute approximate surface area is 78.2 Å². The highest BCUT2D eigenvalue weighted by Gasteiger charge is 2.11. The number of carbonyl (C=O) groups excluding carboxylic acids is 1. The number of methoxy groups -OCH3 is 1. The number of esters is 1. The Balaban J connectivity index is 2.56. The number of carbonyl (C=O) groups is 1. The first-order chi connectivity index (χ1) is 6.31. The van der Waals surface area contributed by atoms with Crippen molar-refractivity contribution in [2.75, 3.05) is 7.11 Å². The summed E-state index contributed by atoms with van der Waals surface area (Å²) in [5.41, 5.74) is 0.591. The number of aromatic nitrogens is 2. The largest absolute Gasteiger partial charge is 0.464 e. The summed E-state index contributed by atoms with van der Waals surface area (Å²) in [6.07, 6.45) is 1.64. The van der Waals surface area contributed by atoms with Crippen LogP contribution in [0.1, 0.15) is 9.80 Å². The third-order valence-corrected chi connectivity index (χ3v) is 2.51. The number of nitrogens with zero attached hydrogens (tertiary/aromatic N) is 2. The predicted octanol–water partition coefficient (Wildman–Crippen LogP) is 1.48. The van der Waals surface area contributed by atoms with Gasteiger partial charge < -0.3 is 4.74 Å². The van der Waals surface area contributed by atoms with E-state index in [1.54, 1.807) is 6.20 Å². The van der Waals surface area contributed by atoms with Gasteiger partial charge in [-0.1, -0.05) is 0 Å². The molecular weight excluding hydrogens is 188 g/mol. The molecule has 0 radical (unpaired) electrons. The van der Waals surface area contributed by atoms with Crippen LogP contribution in [0, 0.1) is 0 Å². The van der Waals surface area contributed by atoms with Gasteiger partial charge in [-0.05, 0) is 12.1 Å². The van der Waals surface area contributed by atoms with E-state index in [0.29, 0.717) is 10.7 Å². The third kappa shape index (κ3) is 1.38. The van der Waals surface area contributed by atoms with E-state index in [1.165, 1.54) is 18.4 Å². The molecule has 0 atom stereocenters. The molecule has 66 valence electrons. The lowest BCUT2D eigenvalue weighted by molar-refractivity contribution is 0.0600. The summed E-state index contributed by atoms with van der Waals surface area (Å²) in [5.74, 6) is -0.414. The van der Waals surface area contributed by atoms with Gasteiger partial charge in [-0.2, -0.15) is 0 Å². The van der Waals surface area contributed by atoms with Crippen LogP contribution < -0.4 is 0 Å². The van der Waals surface area contributed by atoms with Gasteiger partial charge in [-0.15, -0.1) is 11.3 Å². The van der Waals surface area contributed by atoms with E-state index in [0.717, 1.165) is 4.70 Å². The van der Waals surface area contributed by atoms with Crippen molar-refractivity contribution in [1.82, 2.24) is 9.97 Å². The van der Waals surface area contributed by atoms with Gasteiger partial charge in [-0.3, -0.25) is 0 Å². The number of hydrogen-bond acceptors (Lipinski definition) is 5. The normalized spacial score (nSPS) is 10.2. The number of hydrogen-bond donors (Lipinski definition) is 0. The molecule has 4 nitrogen and oxygen atoms in total. The van der Waals surface area contributed by atoms with E-state index in [9.17, 15) is 4.79 Å². The molecule has 0 saturated heterocycles. The predicted molar refractivity (Wildman–Crippen MR) is 48.8 cm³/mol. The minimum atomic E-state index is -0.414. The molecule has 0 N–H and O–H groups in total. The molecule has 2 aromatic heterocycles. The van der Waals surface area contributed by atoms with Crippen LogP contribution >= 0.6 is 11.3 Å². The average molecular weight is 194 g/mol. The fraction of sp³-hybridized carbons (Fsp3) is 0.125. The van der Waals surface area contributed by atoms with Crippen LogP contribution in [0.5, 0.6) is 0 Å². The topological polar surface area (TPSA) is 52.1 Å². The maximum Gasteiger partial charge on any atom is 0.367 e. The summed E-state index contributed by atoms with van der Waals surface area (Å²) >= 11 is 1.28. The number of ether oxygens (including phenoxy) is 1. The zero-order valence-corrected chi connectivity index (χ0v) is 7.67. The van der Waals surface area contributed by atoms with Crippen LogP contribution in [-0.4, -0.2) is 23.0 Å². The van der Waals surface area contributed by atoms with E-state index in [4.69, 9.17) is 0 Å². The molecule has 0 saturated carbocycles. The summed E-state index contributed by atoms with van der Waals surface area (Å²) in [6, 6.07) is 3.67. The molecule has 0 aliphatic heterocycles. The molecule has 0 aromatic carbocycles. The molecule has 0 spiro atoms. The van der Waals surface area contributed by atoms with Crippen molar-refractivity contribution in [3.05, 3.63) is 23.3 Å². The number of pyridine rings is 1. The quantitative estimate of drug-likeness (QED) is 0.645. The Morgan fingerprint density at radius 3 is 3.15 bits per heavy atom. The van der Waals surface area contributed by atoms with Crippen LogP contribution in [0.2, 0.25) is 0 Å². The van der Waals surface area contributed by atoms with E-state index >= 15 is 0 Å². The summed E-state index contributed by atoms with van der Waals surface area (Å²) in [4.78, 5) is 19.1. The van der Waals surface area contributed by atoms with Gasteiger partial charge in [0.15, 0.2) is 5.65 Å². The fourth-order valence-electron chi connectivity index (χ4n) is 0.944. The van der Waals surface area contributed by atoms with Crippen molar-refractivity contribution in [3.63, 3.8) is 0 Å². The molecule has 5 heteroatoms. The highest BCUT2D eigenvalue weighted by molar-refractivity contribution is 7.20. The minimum Gasteiger partial charge on any atom is -0.464 e. The molecule has 0 amide bonds. The molecule has 0 fully saturated rings. The molecule has 0 aliphatic rings. The van der Waals surface area contributed by atoms with Crippen LogP contribution in [0.3, 0.4) is 0 Å². The second-order valence-corrected chi connectivity index (χ2v) is 3.37. The highest BCUT2D eigenvalue weighted by Crippen LogP contribution is 2.19. The Morgan fingerprint density at radius 2 is 2.46 bits per heavy atom. The molecule has 2 heterocycles. The molecule has 0 bridgehead atoms. The van der Waals surface area contributed by atoms with Gasteiger partial charge in [0.05, 0.1) is 11.8 Å². The maximum absolute atomic E-state index is 11.1. The van der Waals surface area contributed by atoms with Gasteiger partial charge in [0.1, 0.15) is 0 Å². The number of thiazole rings is 1. The number of rotatable bonds is 1. The lowest BCUT2D eigenvalue weighted by Crippen LogP contribution is -1.99. The Kier molecular flexibility index (Phi) is 1.94. The first kappa shape index (κ1) is 8.12. The first-order valence-corrected chi connectivity index (χ1v) is 4.43. The standard InChI is InChI=1S/C8H6N2O2S/c1-12-8(11)7-10-6-5(13-7)3-2-4-9-6/h2-4H,1H3. The zero-order valence-electron chi connectivity index (χ0n) is 6.85. The molecular formula is C8H6N2O2S. The van der Waals surface area contributed by atoms with Crippen molar-refractivity contribution >= 4 is 27.7 Å². The molecule has 0 unspecified atom stereocenters. The Bertz CT molecular complexity index is 419. The van der Waals surface area contributed by atoms with Crippen molar-refractivity contribution in [2.45, 2.75) is 0 Å². The second kappa shape index (κ2) is 3.10. The van der Waals surface area contributed by atoms with E-state index in [2.05, 4.69) is 14.7 Å². The molecule has 13 heavy (non-hydrogen) atoms.